The summed E-state index contributed by atoms with van der Waals surface area (Å²) < 4.78 is 34.2. The number of carbonyl (C=O) groups excluding carboxylic acids is 4. The second-order valence-corrected chi connectivity index (χ2v) is 9.24. The summed E-state index contributed by atoms with van der Waals surface area (Å²) in [7, 11) is 1.49. The van der Waals surface area contributed by atoms with E-state index in [-0.39, 0.29) is 12.5 Å². The molecular formula is C24H31BrO10. The Morgan fingerprint density at radius 3 is 1.91 bits per heavy atom. The molecule has 0 N–H and O–H groups in total. The first-order chi connectivity index (χ1) is 16.3. The third-order valence-corrected chi connectivity index (χ3v) is 5.96. The fourth-order valence-electron chi connectivity index (χ4n) is 3.90. The molecule has 0 saturated carbocycles. The summed E-state index contributed by atoms with van der Waals surface area (Å²) >= 11 is 3.57. The molecule has 2 rings (SSSR count). The normalized spacial score (nSPS) is 23.9. The Morgan fingerprint density at radius 2 is 1.43 bits per heavy atom. The smallest absolute Gasteiger partial charge is 0.303 e. The summed E-state index contributed by atoms with van der Waals surface area (Å²) in [6.45, 7) is 8.50. The molecule has 11 heteroatoms. The Balaban J connectivity index is 2.70. The van der Waals surface area contributed by atoms with Gasteiger partial charge in [-0.25, -0.2) is 0 Å². The predicted octanol–water partition coefficient (Wildman–Crippen LogP) is 3.38. The number of hydrogen-bond acceptors (Lipinski definition) is 10. The highest BCUT2D eigenvalue weighted by atomic mass is 79.9. The molecule has 0 radical (unpaired) electrons. The minimum atomic E-state index is -1.26. The molecule has 0 amide bonds. The van der Waals surface area contributed by atoms with Crippen molar-refractivity contribution < 1.29 is 47.6 Å². The molecule has 5 atom stereocenters. The van der Waals surface area contributed by atoms with Crippen LogP contribution in [0.1, 0.15) is 64.7 Å². The Bertz CT molecular complexity index is 960. The Hall–Kier alpha value is -2.66. The first-order valence-corrected chi connectivity index (χ1v) is 11.8. The minimum absolute atomic E-state index is 0.169. The highest BCUT2D eigenvalue weighted by Gasteiger charge is 2.53. The van der Waals surface area contributed by atoms with Crippen molar-refractivity contribution in [3.05, 3.63) is 27.7 Å². The van der Waals surface area contributed by atoms with Crippen LogP contribution in [-0.4, -0.2) is 62.0 Å². The number of esters is 4. The van der Waals surface area contributed by atoms with Gasteiger partial charge in [-0.05, 0) is 23.6 Å². The molecule has 0 bridgehead atoms. The van der Waals surface area contributed by atoms with E-state index in [1.54, 1.807) is 6.07 Å². The van der Waals surface area contributed by atoms with Crippen molar-refractivity contribution in [2.45, 2.75) is 78.0 Å². The van der Waals surface area contributed by atoms with Crippen LogP contribution in [0.2, 0.25) is 0 Å². The van der Waals surface area contributed by atoms with Crippen molar-refractivity contribution in [2.75, 3.05) is 13.7 Å². The van der Waals surface area contributed by atoms with Crippen molar-refractivity contribution in [1.29, 1.82) is 0 Å². The van der Waals surface area contributed by atoms with Gasteiger partial charge in [0.05, 0.1) is 7.11 Å². The van der Waals surface area contributed by atoms with Gasteiger partial charge in [0.15, 0.2) is 18.3 Å². The quantitative estimate of drug-likeness (QED) is 0.346. The summed E-state index contributed by atoms with van der Waals surface area (Å²) in [4.78, 5) is 47.5. The van der Waals surface area contributed by atoms with Crippen molar-refractivity contribution >= 4 is 39.8 Å². The van der Waals surface area contributed by atoms with Crippen molar-refractivity contribution in [1.82, 2.24) is 0 Å². The maximum atomic E-state index is 12.1. The molecule has 0 aliphatic carbocycles. The van der Waals surface area contributed by atoms with E-state index < -0.39 is 54.4 Å². The highest BCUT2D eigenvalue weighted by molar-refractivity contribution is 9.10. The van der Waals surface area contributed by atoms with Crippen LogP contribution in [0.3, 0.4) is 0 Å². The van der Waals surface area contributed by atoms with Crippen LogP contribution in [0.25, 0.3) is 0 Å². The molecule has 0 aromatic heterocycles. The minimum Gasteiger partial charge on any atom is -0.496 e. The van der Waals surface area contributed by atoms with Crippen LogP contribution < -0.4 is 4.74 Å². The number of hydrogen-bond donors (Lipinski definition) is 0. The van der Waals surface area contributed by atoms with E-state index in [9.17, 15) is 19.2 Å². The zero-order valence-electron chi connectivity index (χ0n) is 20.8. The van der Waals surface area contributed by atoms with Gasteiger partial charge in [-0.1, -0.05) is 29.8 Å². The van der Waals surface area contributed by atoms with Crippen LogP contribution in [0.15, 0.2) is 16.6 Å². The Labute approximate surface area is 212 Å². The molecule has 1 aromatic carbocycles. The lowest BCUT2D eigenvalue weighted by molar-refractivity contribution is -0.254. The molecule has 35 heavy (non-hydrogen) atoms. The lowest BCUT2D eigenvalue weighted by Gasteiger charge is -2.44. The molecule has 1 aliphatic heterocycles. The van der Waals surface area contributed by atoms with Crippen molar-refractivity contribution in [3.63, 3.8) is 0 Å². The lowest BCUT2D eigenvalue weighted by Crippen LogP contribution is -2.59. The van der Waals surface area contributed by atoms with Gasteiger partial charge in [0.1, 0.15) is 24.6 Å². The first kappa shape index (κ1) is 28.6. The van der Waals surface area contributed by atoms with Gasteiger partial charge in [-0.2, -0.15) is 0 Å². The fraction of sp³-hybridized carbons (Fsp3) is 0.583. The maximum Gasteiger partial charge on any atom is 0.303 e. The summed E-state index contributed by atoms with van der Waals surface area (Å²) in [5.74, 6) is -2.03. The van der Waals surface area contributed by atoms with Gasteiger partial charge in [-0.3, -0.25) is 19.2 Å². The summed E-state index contributed by atoms with van der Waals surface area (Å²) in [6, 6.07) is 3.60. The average molecular weight is 559 g/mol. The number of carbonyl (C=O) groups is 4. The number of methoxy groups -OCH3 is 1. The second-order valence-electron chi connectivity index (χ2n) is 8.39. The number of halogens is 1. The van der Waals surface area contributed by atoms with E-state index in [1.807, 2.05) is 19.9 Å². The van der Waals surface area contributed by atoms with Crippen LogP contribution in [0.5, 0.6) is 5.75 Å². The fourth-order valence-corrected chi connectivity index (χ4v) is 4.72. The first-order valence-electron chi connectivity index (χ1n) is 11.0. The van der Waals surface area contributed by atoms with Crippen LogP contribution in [0, 0.1) is 0 Å². The third-order valence-electron chi connectivity index (χ3n) is 5.27. The molecule has 1 fully saturated rings. The van der Waals surface area contributed by atoms with Gasteiger partial charge < -0.3 is 28.4 Å². The van der Waals surface area contributed by atoms with Crippen LogP contribution in [0.4, 0.5) is 0 Å². The third kappa shape index (κ3) is 7.41. The van der Waals surface area contributed by atoms with Crippen molar-refractivity contribution in [2.24, 2.45) is 0 Å². The second kappa shape index (κ2) is 12.3. The number of rotatable bonds is 8. The van der Waals surface area contributed by atoms with Crippen LogP contribution in [-0.2, 0) is 42.9 Å². The summed E-state index contributed by atoms with van der Waals surface area (Å²) in [5.41, 5.74) is 1.46. The van der Waals surface area contributed by atoms with Crippen LogP contribution >= 0.6 is 15.9 Å². The van der Waals surface area contributed by atoms with E-state index in [0.717, 1.165) is 10.0 Å². The van der Waals surface area contributed by atoms with E-state index in [1.165, 1.54) is 34.8 Å². The maximum absolute atomic E-state index is 12.1. The highest BCUT2D eigenvalue weighted by Crippen LogP contribution is 2.43. The van der Waals surface area contributed by atoms with Gasteiger partial charge in [0, 0.05) is 37.7 Å². The molecular weight excluding hydrogens is 528 g/mol. The molecule has 194 valence electrons. The molecule has 0 spiro atoms. The molecule has 1 heterocycles. The molecule has 1 aromatic rings. The molecule has 5 unspecified atom stereocenters. The standard InChI is InChI=1S/C24H31BrO10/c1-11(2)16-9-19(30-7)17(8-18(16)25)21-23(33-14(5)28)24(34-15(6)29)22(32-13(4)27)20(35-21)10-31-12(3)26/h8-9,11,20-24H,10H2,1-7H3. The largest absolute Gasteiger partial charge is 0.496 e. The zero-order chi connectivity index (χ0) is 26.4. The number of benzene rings is 1. The molecule has 10 nitrogen and oxygen atoms in total. The topological polar surface area (TPSA) is 124 Å². The van der Waals surface area contributed by atoms with Gasteiger partial charge in [0.25, 0.3) is 0 Å². The monoisotopic (exact) mass is 558 g/mol. The Kier molecular flexibility index (Phi) is 10.1. The predicted molar refractivity (Wildman–Crippen MR) is 126 cm³/mol. The van der Waals surface area contributed by atoms with Gasteiger partial charge >= 0.3 is 23.9 Å². The number of ether oxygens (including phenoxy) is 6. The Morgan fingerprint density at radius 1 is 0.886 bits per heavy atom. The van der Waals surface area contributed by atoms with Crippen molar-refractivity contribution in [3.8, 4) is 5.75 Å². The lowest BCUT2D eigenvalue weighted by atomic mass is 9.89. The molecule has 1 aliphatic rings. The SMILES string of the molecule is COc1cc(C(C)C)c(Br)cc1C1OC(COC(C)=O)C(OC(C)=O)C(OC(C)=O)C1OC(C)=O. The van der Waals surface area contributed by atoms with E-state index in [2.05, 4.69) is 15.9 Å². The van der Waals surface area contributed by atoms with E-state index >= 15 is 0 Å². The molecule has 1 saturated heterocycles. The summed E-state index contributed by atoms with van der Waals surface area (Å²) in [5, 5.41) is 0. The zero-order valence-corrected chi connectivity index (χ0v) is 22.4. The average Bonchev–Trinajstić information content (AvgIpc) is 2.73. The van der Waals surface area contributed by atoms with Gasteiger partial charge in [-0.15, -0.1) is 0 Å². The van der Waals surface area contributed by atoms with E-state index in [0.29, 0.717) is 11.3 Å². The summed E-state index contributed by atoms with van der Waals surface area (Å²) in [6.07, 6.45) is -5.76. The van der Waals surface area contributed by atoms with E-state index in [4.69, 9.17) is 28.4 Å². The van der Waals surface area contributed by atoms with Gasteiger partial charge in [0.2, 0.25) is 0 Å².